The number of hydrogen-bond donors (Lipinski definition) is 3. The molecule has 0 spiro atoms. The molecule has 0 unspecified atom stereocenters. The molecule has 33 heavy (non-hydrogen) atoms. The second-order valence-electron chi connectivity index (χ2n) is 10.5. The van der Waals surface area contributed by atoms with Crippen LogP contribution in [0.3, 0.4) is 0 Å². The predicted molar refractivity (Wildman–Crippen MR) is 124 cm³/mol. The predicted octanol–water partition coefficient (Wildman–Crippen LogP) is 2.39. The molecule has 2 aliphatic rings. The van der Waals surface area contributed by atoms with Crippen LogP contribution in [0.15, 0.2) is 0 Å². The molecule has 10 nitrogen and oxygen atoms in total. The number of hydrogen-bond acceptors (Lipinski definition) is 9. The van der Waals surface area contributed by atoms with Crippen LogP contribution in [0.2, 0.25) is 0 Å². The van der Waals surface area contributed by atoms with Crippen LogP contribution < -0.4 is 10.4 Å². The van der Waals surface area contributed by atoms with Crippen molar-refractivity contribution in [1.82, 2.24) is 10.4 Å². The fourth-order valence-electron chi connectivity index (χ4n) is 4.08. The summed E-state index contributed by atoms with van der Waals surface area (Å²) in [5, 5.41) is 5.60. The Bertz CT molecular complexity index is 705. The standard InChI is InChI=1S/C22H41N2O8P/c1-21(2,3)31-20(27)17(15-10-8-7-9-11-15)24-33(28)30-14-22(4,5)18(32-33)19(26)23-13-12-16(25)29-6/h15,17-18,24,28,33H,7-14H2,1-6H3,(H,23,26)/t17-,18-/m0/s1. The van der Waals surface area contributed by atoms with E-state index >= 15 is 0 Å². The molecule has 1 aliphatic heterocycles. The van der Waals surface area contributed by atoms with Crippen LogP contribution in [-0.2, 0) is 32.9 Å². The third kappa shape index (κ3) is 8.44. The quantitative estimate of drug-likeness (QED) is 0.345. The number of rotatable bonds is 8. The molecule has 1 saturated heterocycles. The second-order valence-corrected chi connectivity index (χ2v) is 12.5. The zero-order valence-corrected chi connectivity index (χ0v) is 21.7. The van der Waals surface area contributed by atoms with Gasteiger partial charge in [-0.2, -0.15) is 0 Å². The van der Waals surface area contributed by atoms with E-state index in [1.54, 1.807) is 34.6 Å². The summed E-state index contributed by atoms with van der Waals surface area (Å²) >= 11 is 0. The minimum atomic E-state index is -4.11. The van der Waals surface area contributed by atoms with E-state index in [1.165, 1.54) is 7.11 Å². The van der Waals surface area contributed by atoms with Gasteiger partial charge in [0.1, 0.15) is 0 Å². The van der Waals surface area contributed by atoms with Crippen LogP contribution in [0.5, 0.6) is 0 Å². The molecule has 1 heterocycles. The van der Waals surface area contributed by atoms with E-state index in [1.807, 2.05) is 0 Å². The van der Waals surface area contributed by atoms with Gasteiger partial charge < -0.3 is 0 Å². The molecule has 2 fully saturated rings. The van der Waals surface area contributed by atoms with E-state index in [0.717, 1.165) is 32.1 Å². The van der Waals surface area contributed by atoms with E-state index in [4.69, 9.17) is 13.8 Å². The van der Waals surface area contributed by atoms with Crippen LogP contribution in [0, 0.1) is 11.3 Å². The molecule has 0 aromatic heterocycles. The van der Waals surface area contributed by atoms with Crippen molar-refractivity contribution in [3.63, 3.8) is 0 Å². The molecule has 1 amide bonds. The molecule has 2 atom stereocenters. The first-order valence-electron chi connectivity index (χ1n) is 11.7. The average molecular weight is 493 g/mol. The van der Waals surface area contributed by atoms with E-state index in [9.17, 15) is 19.3 Å². The Labute approximate surface area is 197 Å². The number of carbonyl (C=O) groups is 3. The van der Waals surface area contributed by atoms with Gasteiger partial charge in [0.2, 0.25) is 0 Å². The number of carbonyl (C=O) groups excluding carboxylic acids is 3. The summed E-state index contributed by atoms with van der Waals surface area (Å²) in [6.07, 6.45) is 3.73. The summed E-state index contributed by atoms with van der Waals surface area (Å²) in [6.45, 7) is 9.09. The van der Waals surface area contributed by atoms with Crippen LogP contribution in [0.1, 0.15) is 73.1 Å². The number of ether oxygens (including phenoxy) is 2. The number of esters is 2. The third-order valence-electron chi connectivity index (χ3n) is 5.84. The van der Waals surface area contributed by atoms with E-state index in [2.05, 4.69) is 15.1 Å². The van der Waals surface area contributed by atoms with Gasteiger partial charge in [0.15, 0.2) is 0 Å². The molecule has 3 N–H and O–H groups in total. The molecular weight excluding hydrogens is 451 g/mol. The van der Waals surface area contributed by atoms with Crippen molar-refractivity contribution in [2.75, 3.05) is 20.3 Å². The first-order chi connectivity index (χ1) is 15.3. The molecule has 192 valence electrons. The Hall–Kier alpha value is -1.32. The van der Waals surface area contributed by atoms with Crippen molar-refractivity contribution < 1.29 is 37.8 Å². The summed E-state index contributed by atoms with van der Waals surface area (Å²) in [4.78, 5) is 48.4. The maximum absolute atomic E-state index is 13.0. The molecule has 11 heteroatoms. The first kappa shape index (κ1) is 27.9. The molecule has 1 aliphatic carbocycles. The Morgan fingerprint density at radius 2 is 1.82 bits per heavy atom. The molecular formula is C22H41N2O8P. The van der Waals surface area contributed by atoms with E-state index in [0.29, 0.717) is 0 Å². The molecule has 0 aromatic rings. The number of amides is 1. The average Bonchev–Trinajstić information content (AvgIpc) is 2.73. The summed E-state index contributed by atoms with van der Waals surface area (Å²) in [7, 11) is -2.83. The van der Waals surface area contributed by atoms with Gasteiger partial charge in [-0.1, -0.05) is 0 Å². The Kier molecular flexibility index (Phi) is 9.65. The molecule has 1 saturated carbocycles. The van der Waals surface area contributed by atoms with Crippen molar-refractivity contribution in [1.29, 1.82) is 0 Å². The van der Waals surface area contributed by atoms with Gasteiger partial charge in [0.25, 0.3) is 0 Å². The van der Waals surface area contributed by atoms with Crippen molar-refractivity contribution in [3.8, 4) is 0 Å². The van der Waals surface area contributed by atoms with Gasteiger partial charge in [-0.25, -0.2) is 0 Å². The zero-order chi connectivity index (χ0) is 24.9. The maximum atomic E-state index is 13.0. The fraction of sp³-hybridized carbons (Fsp3) is 0.864. The third-order valence-corrected chi connectivity index (χ3v) is 7.61. The summed E-state index contributed by atoms with van der Waals surface area (Å²) in [5.41, 5.74) is -1.42. The van der Waals surface area contributed by atoms with Crippen LogP contribution in [-0.4, -0.2) is 60.7 Å². The van der Waals surface area contributed by atoms with Crippen molar-refractivity contribution in [2.45, 2.75) is 90.9 Å². The molecule has 0 radical (unpaired) electrons. The van der Waals surface area contributed by atoms with Crippen molar-refractivity contribution >= 4 is 25.9 Å². The summed E-state index contributed by atoms with van der Waals surface area (Å²) in [5.74, 6) is -1.40. The SMILES string of the molecule is COC(=O)CCNC(=O)[C@@H]1O[PH](O)(N[C@H](C(=O)OC(C)(C)C)C2CCCCC2)OCC1(C)C. The molecule has 0 bridgehead atoms. The summed E-state index contributed by atoms with van der Waals surface area (Å²) < 4.78 is 21.8. The Morgan fingerprint density at radius 1 is 1.18 bits per heavy atom. The monoisotopic (exact) mass is 492 g/mol. The summed E-state index contributed by atoms with van der Waals surface area (Å²) in [6, 6.07) is -0.801. The van der Waals surface area contributed by atoms with Crippen LogP contribution >= 0.6 is 8.09 Å². The van der Waals surface area contributed by atoms with Gasteiger partial charge in [-0.15, -0.1) is 0 Å². The van der Waals surface area contributed by atoms with Gasteiger partial charge in [-0.3, -0.25) is 0 Å². The normalized spacial score (nSPS) is 24.9. The second kappa shape index (κ2) is 11.4. The van der Waals surface area contributed by atoms with Gasteiger partial charge in [-0.05, 0) is 0 Å². The van der Waals surface area contributed by atoms with E-state index in [-0.39, 0.29) is 25.5 Å². The van der Waals surface area contributed by atoms with Gasteiger partial charge in [0.05, 0.1) is 0 Å². The fourth-order valence-corrected chi connectivity index (χ4v) is 6.36. The van der Waals surface area contributed by atoms with Gasteiger partial charge >= 0.3 is 197 Å². The Balaban J connectivity index is 2.14. The number of nitrogens with one attached hydrogen (secondary N) is 2. The van der Waals surface area contributed by atoms with Gasteiger partial charge in [0, 0.05) is 0 Å². The van der Waals surface area contributed by atoms with Crippen molar-refractivity contribution in [3.05, 3.63) is 0 Å². The van der Waals surface area contributed by atoms with Crippen LogP contribution in [0.25, 0.3) is 0 Å². The van der Waals surface area contributed by atoms with E-state index < -0.39 is 49.1 Å². The first-order valence-corrected chi connectivity index (χ1v) is 13.4. The Morgan fingerprint density at radius 3 is 2.39 bits per heavy atom. The number of methoxy groups -OCH3 is 1. The van der Waals surface area contributed by atoms with Crippen molar-refractivity contribution in [2.24, 2.45) is 11.3 Å². The minimum absolute atomic E-state index is 0.0221. The molecule has 2 rings (SSSR count). The molecule has 0 aromatic carbocycles. The topological polar surface area (TPSA) is 132 Å². The van der Waals surface area contributed by atoms with Crippen LogP contribution in [0.4, 0.5) is 0 Å². The zero-order valence-electron chi connectivity index (χ0n) is 20.7.